The van der Waals surface area contributed by atoms with Crippen LogP contribution in [-0.4, -0.2) is 24.0 Å². The molecule has 0 spiro atoms. The summed E-state index contributed by atoms with van der Waals surface area (Å²) in [6.07, 6.45) is 4.87. The van der Waals surface area contributed by atoms with Gasteiger partial charge in [0.25, 0.3) is 0 Å². The number of halogens is 1. The number of hydrogen-bond acceptors (Lipinski definition) is 2. The average Bonchev–Trinajstić information content (AvgIpc) is 2.62. The van der Waals surface area contributed by atoms with E-state index >= 15 is 0 Å². The Hall–Kier alpha value is -0.380. The van der Waals surface area contributed by atoms with E-state index in [1.54, 1.807) is 0 Å². The first-order chi connectivity index (χ1) is 9.93. The first kappa shape index (κ1) is 17.0. The van der Waals surface area contributed by atoms with Crippen molar-refractivity contribution in [3.05, 3.63) is 34.3 Å². The second-order valence-corrected chi connectivity index (χ2v) is 8.04. The van der Waals surface area contributed by atoms with E-state index in [0.717, 1.165) is 24.0 Å². The number of likely N-dealkylation sites (tertiary alicyclic amines) is 1. The SMILES string of the molecule is CCC(N)C(c1ccc(Br)cc1)N1CCCC(C)(C)CC1. The van der Waals surface area contributed by atoms with Crippen LogP contribution in [0, 0.1) is 5.41 Å². The fraction of sp³-hybridized carbons (Fsp3) is 0.667. The highest BCUT2D eigenvalue weighted by atomic mass is 79.9. The highest BCUT2D eigenvalue weighted by molar-refractivity contribution is 9.10. The summed E-state index contributed by atoms with van der Waals surface area (Å²) in [5.74, 6) is 0. The van der Waals surface area contributed by atoms with Gasteiger partial charge in [-0.2, -0.15) is 0 Å². The van der Waals surface area contributed by atoms with Gasteiger partial charge >= 0.3 is 0 Å². The van der Waals surface area contributed by atoms with E-state index in [1.807, 2.05) is 0 Å². The second-order valence-electron chi connectivity index (χ2n) is 7.12. The van der Waals surface area contributed by atoms with Crippen molar-refractivity contribution in [1.82, 2.24) is 4.90 Å². The summed E-state index contributed by atoms with van der Waals surface area (Å²) >= 11 is 3.53. The number of benzene rings is 1. The lowest BCUT2D eigenvalue weighted by Crippen LogP contribution is -2.41. The molecule has 21 heavy (non-hydrogen) atoms. The molecule has 1 aromatic carbocycles. The predicted molar refractivity (Wildman–Crippen MR) is 94.4 cm³/mol. The zero-order valence-electron chi connectivity index (χ0n) is 13.6. The van der Waals surface area contributed by atoms with Crippen LogP contribution in [0.2, 0.25) is 0 Å². The Kier molecular flexibility index (Phi) is 5.87. The molecule has 1 aliphatic heterocycles. The van der Waals surface area contributed by atoms with Crippen molar-refractivity contribution in [3.63, 3.8) is 0 Å². The van der Waals surface area contributed by atoms with Crippen molar-refractivity contribution in [3.8, 4) is 0 Å². The van der Waals surface area contributed by atoms with E-state index in [-0.39, 0.29) is 6.04 Å². The molecule has 3 heteroatoms. The maximum atomic E-state index is 6.48. The summed E-state index contributed by atoms with van der Waals surface area (Å²) in [6, 6.07) is 9.25. The third-order valence-corrected chi connectivity index (χ3v) is 5.39. The lowest BCUT2D eigenvalue weighted by atomic mass is 9.85. The summed E-state index contributed by atoms with van der Waals surface area (Å²) in [5, 5.41) is 0. The molecule has 0 amide bonds. The van der Waals surface area contributed by atoms with E-state index in [2.05, 4.69) is 65.9 Å². The van der Waals surface area contributed by atoms with Crippen molar-refractivity contribution in [1.29, 1.82) is 0 Å². The van der Waals surface area contributed by atoms with Crippen LogP contribution in [0.25, 0.3) is 0 Å². The van der Waals surface area contributed by atoms with Gasteiger partial charge in [-0.25, -0.2) is 0 Å². The van der Waals surface area contributed by atoms with E-state index in [9.17, 15) is 0 Å². The maximum Gasteiger partial charge on any atom is 0.0499 e. The monoisotopic (exact) mass is 352 g/mol. The molecule has 2 rings (SSSR count). The van der Waals surface area contributed by atoms with Crippen LogP contribution >= 0.6 is 15.9 Å². The lowest BCUT2D eigenvalue weighted by molar-refractivity contribution is 0.168. The van der Waals surface area contributed by atoms with Gasteiger partial charge in [0.05, 0.1) is 0 Å². The summed E-state index contributed by atoms with van der Waals surface area (Å²) in [6.45, 7) is 9.30. The summed E-state index contributed by atoms with van der Waals surface area (Å²) < 4.78 is 1.13. The van der Waals surface area contributed by atoms with Crippen LogP contribution in [0.5, 0.6) is 0 Å². The third-order valence-electron chi connectivity index (χ3n) is 4.86. The zero-order valence-corrected chi connectivity index (χ0v) is 15.2. The largest absolute Gasteiger partial charge is 0.326 e. The van der Waals surface area contributed by atoms with Gasteiger partial charge < -0.3 is 5.73 Å². The van der Waals surface area contributed by atoms with Crippen LogP contribution in [0.4, 0.5) is 0 Å². The molecule has 1 heterocycles. The molecule has 0 saturated carbocycles. The Bertz CT molecular complexity index is 441. The fourth-order valence-electron chi connectivity index (χ4n) is 3.33. The quantitative estimate of drug-likeness (QED) is 0.847. The lowest BCUT2D eigenvalue weighted by Gasteiger charge is -2.35. The van der Waals surface area contributed by atoms with Crippen LogP contribution in [0.3, 0.4) is 0 Å². The topological polar surface area (TPSA) is 29.3 Å². The summed E-state index contributed by atoms with van der Waals surface area (Å²) in [4.78, 5) is 2.62. The standard InChI is InChI=1S/C18H29BrN2/c1-4-16(20)17(14-6-8-15(19)9-7-14)21-12-5-10-18(2,3)11-13-21/h6-9,16-17H,4-5,10-13,20H2,1-3H3. The molecule has 2 nitrogen and oxygen atoms in total. The van der Waals surface area contributed by atoms with E-state index in [0.29, 0.717) is 11.5 Å². The maximum absolute atomic E-state index is 6.48. The van der Waals surface area contributed by atoms with Crippen molar-refractivity contribution in [2.75, 3.05) is 13.1 Å². The summed E-state index contributed by atoms with van der Waals surface area (Å²) in [7, 11) is 0. The number of nitrogens with two attached hydrogens (primary N) is 1. The van der Waals surface area contributed by atoms with Crippen molar-refractivity contribution >= 4 is 15.9 Å². The Morgan fingerprint density at radius 1 is 1.19 bits per heavy atom. The average molecular weight is 353 g/mol. The first-order valence-corrected chi connectivity index (χ1v) is 8.97. The molecule has 0 bridgehead atoms. The minimum absolute atomic E-state index is 0.201. The van der Waals surface area contributed by atoms with Gasteiger partial charge in [0.1, 0.15) is 0 Å². The molecular formula is C18H29BrN2. The van der Waals surface area contributed by atoms with Gasteiger partial charge in [0, 0.05) is 16.6 Å². The van der Waals surface area contributed by atoms with Gasteiger partial charge in [-0.15, -0.1) is 0 Å². The number of nitrogens with zero attached hydrogens (tertiary/aromatic N) is 1. The van der Waals surface area contributed by atoms with Crippen molar-refractivity contribution in [2.24, 2.45) is 11.1 Å². The molecule has 1 saturated heterocycles. The Labute approximate surface area is 138 Å². The highest BCUT2D eigenvalue weighted by Gasteiger charge is 2.30. The van der Waals surface area contributed by atoms with E-state index in [1.165, 1.54) is 24.8 Å². The van der Waals surface area contributed by atoms with Crippen molar-refractivity contribution < 1.29 is 0 Å². The molecule has 1 aromatic rings. The molecule has 0 aromatic heterocycles. The number of rotatable bonds is 4. The minimum Gasteiger partial charge on any atom is -0.326 e. The normalized spacial score (nSPS) is 22.5. The molecule has 1 fully saturated rings. The molecule has 1 aliphatic rings. The number of hydrogen-bond donors (Lipinski definition) is 1. The predicted octanol–water partition coefficient (Wildman–Crippen LogP) is 4.74. The fourth-order valence-corrected chi connectivity index (χ4v) is 3.60. The highest BCUT2D eigenvalue weighted by Crippen LogP contribution is 2.34. The zero-order chi connectivity index (χ0) is 15.5. The van der Waals surface area contributed by atoms with Gasteiger partial charge in [-0.05, 0) is 61.9 Å². The molecule has 118 valence electrons. The van der Waals surface area contributed by atoms with Crippen LogP contribution in [0.15, 0.2) is 28.7 Å². The minimum atomic E-state index is 0.201. The Morgan fingerprint density at radius 2 is 1.86 bits per heavy atom. The molecular weight excluding hydrogens is 324 g/mol. The Balaban J connectivity index is 2.21. The molecule has 2 unspecified atom stereocenters. The third kappa shape index (κ3) is 4.54. The van der Waals surface area contributed by atoms with Crippen LogP contribution < -0.4 is 5.73 Å². The summed E-state index contributed by atoms with van der Waals surface area (Å²) in [5.41, 5.74) is 8.30. The smallest absolute Gasteiger partial charge is 0.0499 e. The molecule has 2 atom stereocenters. The van der Waals surface area contributed by atoms with Gasteiger partial charge in [-0.3, -0.25) is 4.90 Å². The molecule has 2 N–H and O–H groups in total. The van der Waals surface area contributed by atoms with Crippen molar-refractivity contribution in [2.45, 2.75) is 58.5 Å². The first-order valence-electron chi connectivity index (χ1n) is 8.18. The van der Waals surface area contributed by atoms with Gasteiger partial charge in [-0.1, -0.05) is 48.8 Å². The van der Waals surface area contributed by atoms with Crippen LogP contribution in [0.1, 0.15) is 58.1 Å². The second kappa shape index (κ2) is 7.26. The molecule has 0 radical (unpaired) electrons. The molecule has 0 aliphatic carbocycles. The van der Waals surface area contributed by atoms with E-state index in [4.69, 9.17) is 5.73 Å². The van der Waals surface area contributed by atoms with Gasteiger partial charge in [0.2, 0.25) is 0 Å². The van der Waals surface area contributed by atoms with Gasteiger partial charge in [0.15, 0.2) is 0 Å². The Morgan fingerprint density at radius 3 is 2.48 bits per heavy atom. The van der Waals surface area contributed by atoms with Crippen LogP contribution in [-0.2, 0) is 0 Å². The van der Waals surface area contributed by atoms with E-state index < -0.39 is 0 Å².